The second kappa shape index (κ2) is 8.73. The van der Waals surface area contributed by atoms with Gasteiger partial charge in [-0.1, -0.05) is 30.4 Å². The first kappa shape index (κ1) is 20.5. The molecular weight excluding hydrogens is 364 g/mol. The fourth-order valence-corrected chi connectivity index (χ4v) is 3.50. The topological polar surface area (TPSA) is 75.7 Å². The maximum Gasteiger partial charge on any atom is 0.245 e. The van der Waals surface area contributed by atoms with Crippen molar-refractivity contribution in [3.63, 3.8) is 0 Å². The predicted octanol–water partition coefficient (Wildman–Crippen LogP) is 3.27. The van der Waals surface area contributed by atoms with Crippen LogP contribution in [-0.2, 0) is 14.8 Å². The van der Waals surface area contributed by atoms with E-state index in [0.717, 1.165) is 21.7 Å². The second-order valence-electron chi connectivity index (χ2n) is 6.23. The molecule has 0 aliphatic heterocycles. The molecule has 0 saturated carbocycles. The number of carbonyl (C=O) groups excluding carboxylic acids is 1. The van der Waals surface area contributed by atoms with Crippen LogP contribution in [0.1, 0.15) is 11.1 Å². The summed E-state index contributed by atoms with van der Waals surface area (Å²) in [6.07, 6.45) is 2.73. The van der Waals surface area contributed by atoms with Gasteiger partial charge in [-0.15, -0.1) is 0 Å². The van der Waals surface area contributed by atoms with Gasteiger partial charge in [0.25, 0.3) is 0 Å². The lowest BCUT2D eigenvalue weighted by Gasteiger charge is -2.24. The molecule has 7 heteroatoms. The summed E-state index contributed by atoms with van der Waals surface area (Å²) < 4.78 is 30.9. The molecule has 0 radical (unpaired) electrons. The minimum absolute atomic E-state index is 0.308. The first-order chi connectivity index (χ1) is 12.7. The minimum Gasteiger partial charge on any atom is -0.490 e. The lowest BCUT2D eigenvalue weighted by atomic mass is 10.1. The van der Waals surface area contributed by atoms with Crippen LogP contribution >= 0.6 is 0 Å². The molecule has 0 aromatic heterocycles. The fraction of sp³-hybridized carbons (Fsp3) is 0.250. The molecule has 0 bridgehead atoms. The number of amides is 1. The fourth-order valence-electron chi connectivity index (χ4n) is 2.59. The van der Waals surface area contributed by atoms with Crippen LogP contribution in [0.15, 0.2) is 55.1 Å². The molecule has 0 heterocycles. The predicted molar refractivity (Wildman–Crippen MR) is 109 cm³/mol. The zero-order chi connectivity index (χ0) is 20.0. The van der Waals surface area contributed by atoms with Gasteiger partial charge in [0.15, 0.2) is 0 Å². The van der Waals surface area contributed by atoms with Gasteiger partial charge in [0, 0.05) is 5.69 Å². The van der Waals surface area contributed by atoms with E-state index in [0.29, 0.717) is 23.7 Å². The molecule has 0 spiro atoms. The summed E-state index contributed by atoms with van der Waals surface area (Å²) >= 11 is 0. The van der Waals surface area contributed by atoms with Gasteiger partial charge in [-0.2, -0.15) is 0 Å². The van der Waals surface area contributed by atoms with Crippen LogP contribution in [0.25, 0.3) is 0 Å². The van der Waals surface area contributed by atoms with Crippen LogP contribution in [0.5, 0.6) is 5.75 Å². The van der Waals surface area contributed by atoms with Gasteiger partial charge in [-0.05, 0) is 49.7 Å². The van der Waals surface area contributed by atoms with E-state index in [1.54, 1.807) is 36.4 Å². The Kier molecular flexibility index (Phi) is 6.63. The zero-order valence-corrected chi connectivity index (χ0v) is 16.5. The number of carbonyl (C=O) groups is 1. The maximum atomic E-state index is 12.4. The van der Waals surface area contributed by atoms with E-state index in [4.69, 9.17) is 4.74 Å². The molecule has 1 amide bonds. The molecule has 27 heavy (non-hydrogen) atoms. The lowest BCUT2D eigenvalue weighted by molar-refractivity contribution is -0.114. The van der Waals surface area contributed by atoms with Crippen LogP contribution in [0.2, 0.25) is 0 Å². The Morgan fingerprint density at radius 3 is 2.41 bits per heavy atom. The van der Waals surface area contributed by atoms with E-state index in [9.17, 15) is 13.2 Å². The van der Waals surface area contributed by atoms with E-state index in [2.05, 4.69) is 11.9 Å². The number of nitrogens with zero attached hydrogens (tertiary/aromatic N) is 1. The summed E-state index contributed by atoms with van der Waals surface area (Å²) in [4.78, 5) is 12.4. The van der Waals surface area contributed by atoms with Crippen molar-refractivity contribution >= 4 is 27.3 Å². The molecule has 0 aliphatic rings. The lowest BCUT2D eigenvalue weighted by Crippen LogP contribution is -2.37. The average Bonchev–Trinajstić information content (AvgIpc) is 2.59. The third-order valence-corrected chi connectivity index (χ3v) is 4.94. The first-order valence-corrected chi connectivity index (χ1v) is 10.2. The highest BCUT2D eigenvalue weighted by Gasteiger charge is 2.22. The third kappa shape index (κ3) is 5.86. The van der Waals surface area contributed by atoms with Crippen molar-refractivity contribution in [1.29, 1.82) is 0 Å². The largest absolute Gasteiger partial charge is 0.490 e. The quantitative estimate of drug-likeness (QED) is 0.704. The Morgan fingerprint density at radius 2 is 1.85 bits per heavy atom. The van der Waals surface area contributed by atoms with E-state index < -0.39 is 15.9 Å². The molecule has 2 aromatic carbocycles. The Labute approximate surface area is 160 Å². The highest BCUT2D eigenvalue weighted by Crippen LogP contribution is 2.23. The molecule has 0 aliphatic carbocycles. The number of rotatable bonds is 8. The molecular formula is C20H24N2O4S. The Bertz CT molecular complexity index is 921. The molecule has 2 aromatic rings. The smallest absolute Gasteiger partial charge is 0.245 e. The maximum absolute atomic E-state index is 12.4. The number of nitrogens with one attached hydrogen (secondary N) is 1. The first-order valence-electron chi connectivity index (χ1n) is 8.39. The molecule has 0 atom stereocenters. The van der Waals surface area contributed by atoms with Crippen LogP contribution < -0.4 is 14.4 Å². The molecule has 1 N–H and O–H groups in total. The summed E-state index contributed by atoms with van der Waals surface area (Å²) in [5.74, 6) is 0.223. The van der Waals surface area contributed by atoms with Crippen LogP contribution in [0, 0.1) is 13.8 Å². The van der Waals surface area contributed by atoms with Gasteiger partial charge in [-0.25, -0.2) is 8.42 Å². The SMILES string of the molecule is C=CCOc1ccc(NC(=O)CN(c2ccc(C)cc2C)S(C)(=O)=O)cc1. The number of hydrogen-bond donors (Lipinski definition) is 1. The van der Waals surface area contributed by atoms with Gasteiger partial charge in [-0.3, -0.25) is 9.10 Å². The number of hydrogen-bond acceptors (Lipinski definition) is 4. The van der Waals surface area contributed by atoms with Gasteiger partial charge in [0.05, 0.1) is 11.9 Å². The molecule has 0 saturated heterocycles. The van der Waals surface area contributed by atoms with E-state index >= 15 is 0 Å². The van der Waals surface area contributed by atoms with E-state index in [1.807, 2.05) is 26.0 Å². The van der Waals surface area contributed by atoms with Crippen molar-refractivity contribution in [2.45, 2.75) is 13.8 Å². The number of anilines is 2. The van der Waals surface area contributed by atoms with E-state index in [-0.39, 0.29) is 6.54 Å². The van der Waals surface area contributed by atoms with Gasteiger partial charge < -0.3 is 10.1 Å². The molecule has 0 fully saturated rings. The van der Waals surface area contributed by atoms with Crippen molar-refractivity contribution in [3.05, 3.63) is 66.2 Å². The van der Waals surface area contributed by atoms with Crippen molar-refractivity contribution in [1.82, 2.24) is 0 Å². The molecule has 6 nitrogen and oxygen atoms in total. The minimum atomic E-state index is -3.61. The van der Waals surface area contributed by atoms with E-state index in [1.165, 1.54) is 0 Å². The standard InChI is InChI=1S/C20H24N2O4S/c1-5-12-26-18-9-7-17(8-10-18)21-20(23)14-22(27(4,24)25)19-11-6-15(2)13-16(19)3/h5-11,13H,1,12,14H2,2-4H3,(H,21,23). The highest BCUT2D eigenvalue weighted by atomic mass is 32.2. The van der Waals surface area contributed by atoms with Gasteiger partial charge in [0.2, 0.25) is 15.9 Å². The van der Waals surface area contributed by atoms with Crippen LogP contribution in [0.3, 0.4) is 0 Å². The summed E-state index contributed by atoms with van der Waals surface area (Å²) in [6, 6.07) is 12.2. The summed E-state index contributed by atoms with van der Waals surface area (Å²) in [5, 5.41) is 2.71. The number of sulfonamides is 1. The number of benzene rings is 2. The summed E-state index contributed by atoms with van der Waals surface area (Å²) in [7, 11) is -3.61. The number of ether oxygens (including phenoxy) is 1. The molecule has 2 rings (SSSR count). The normalized spacial score (nSPS) is 10.9. The Morgan fingerprint density at radius 1 is 1.19 bits per heavy atom. The molecule has 0 unspecified atom stereocenters. The van der Waals surface area contributed by atoms with Crippen LogP contribution in [-0.4, -0.2) is 33.7 Å². The Balaban J connectivity index is 2.13. The highest BCUT2D eigenvalue weighted by molar-refractivity contribution is 7.92. The zero-order valence-electron chi connectivity index (χ0n) is 15.7. The molecule has 144 valence electrons. The van der Waals surface area contributed by atoms with Crippen molar-refractivity contribution in [2.75, 3.05) is 29.0 Å². The third-order valence-electron chi connectivity index (χ3n) is 3.81. The number of aryl methyl sites for hydroxylation is 2. The van der Waals surface area contributed by atoms with Crippen LogP contribution in [0.4, 0.5) is 11.4 Å². The monoisotopic (exact) mass is 388 g/mol. The Hall–Kier alpha value is -2.80. The van der Waals surface area contributed by atoms with Gasteiger partial charge >= 0.3 is 0 Å². The van der Waals surface area contributed by atoms with Crippen molar-refractivity contribution < 1.29 is 17.9 Å². The van der Waals surface area contributed by atoms with Gasteiger partial charge in [0.1, 0.15) is 18.9 Å². The summed E-state index contributed by atoms with van der Waals surface area (Å²) in [5.41, 5.74) is 2.86. The van der Waals surface area contributed by atoms with Crippen molar-refractivity contribution in [2.24, 2.45) is 0 Å². The second-order valence-corrected chi connectivity index (χ2v) is 8.14. The average molecular weight is 388 g/mol. The summed E-state index contributed by atoms with van der Waals surface area (Å²) in [6.45, 7) is 7.41. The van der Waals surface area contributed by atoms with Crippen molar-refractivity contribution in [3.8, 4) is 5.75 Å².